The zero-order valence-electron chi connectivity index (χ0n) is 21.6. The van der Waals surface area contributed by atoms with Gasteiger partial charge in [0.15, 0.2) is 0 Å². The van der Waals surface area contributed by atoms with Gasteiger partial charge >= 0.3 is 0 Å². The molecule has 3 saturated heterocycles. The highest BCUT2D eigenvalue weighted by molar-refractivity contribution is 6.25. The van der Waals surface area contributed by atoms with E-state index in [0.717, 1.165) is 74.7 Å². The topological polar surface area (TPSA) is 50.9 Å². The number of benzene rings is 3. The fraction of sp³-hybridized carbons (Fsp3) is 0.452. The van der Waals surface area contributed by atoms with Crippen LogP contribution >= 0.6 is 0 Å². The van der Waals surface area contributed by atoms with Crippen molar-refractivity contribution in [2.24, 2.45) is 0 Å². The highest BCUT2D eigenvalue weighted by atomic mass is 16.2. The number of hydrogen-bond donors (Lipinski definition) is 2. The smallest absolute Gasteiger partial charge is 0.259 e. The SMILES string of the molecule is O=C1c2cccc3c(Cc4ccc(CN5CC(N6CCNCC6)C5)cc4)ccc(c23)N1C1CCCNC1. The summed E-state index contributed by atoms with van der Waals surface area (Å²) in [6, 6.07) is 20.8. The average Bonchev–Trinajstić information content (AvgIpc) is 3.22. The third-order valence-electron chi connectivity index (χ3n) is 8.88. The Morgan fingerprint density at radius 2 is 1.65 bits per heavy atom. The minimum absolute atomic E-state index is 0.168. The summed E-state index contributed by atoms with van der Waals surface area (Å²) in [6.07, 6.45) is 3.07. The van der Waals surface area contributed by atoms with Gasteiger partial charge < -0.3 is 15.5 Å². The molecule has 4 heterocycles. The second-order valence-corrected chi connectivity index (χ2v) is 11.3. The molecule has 1 atom stereocenters. The first-order valence-corrected chi connectivity index (χ1v) is 14.1. The molecule has 4 aliphatic heterocycles. The number of amides is 1. The minimum Gasteiger partial charge on any atom is -0.315 e. The lowest BCUT2D eigenvalue weighted by Crippen LogP contribution is -2.62. The number of likely N-dealkylation sites (tertiary alicyclic amines) is 1. The van der Waals surface area contributed by atoms with Crippen LogP contribution in [0.5, 0.6) is 0 Å². The standard InChI is InChI=1S/C31H37N5O/c37-31-28-5-1-4-27-24(10-11-29(30(27)28)36(31)25-3-2-12-33-18-25)17-22-6-8-23(9-7-22)19-34-20-26(21-34)35-15-13-32-14-16-35/h1,4-11,25-26,32-33H,2-3,12-21H2. The number of anilines is 1. The van der Waals surface area contributed by atoms with E-state index in [9.17, 15) is 4.79 Å². The van der Waals surface area contributed by atoms with E-state index in [0.29, 0.717) is 0 Å². The third kappa shape index (κ3) is 4.36. The van der Waals surface area contributed by atoms with Crippen LogP contribution in [0.1, 0.15) is 39.9 Å². The minimum atomic E-state index is 0.168. The molecule has 6 heteroatoms. The molecule has 0 aliphatic carbocycles. The van der Waals surface area contributed by atoms with Gasteiger partial charge in [0, 0.05) is 75.4 Å². The molecule has 192 valence electrons. The van der Waals surface area contributed by atoms with Gasteiger partial charge in [-0.05, 0) is 60.0 Å². The molecule has 1 amide bonds. The summed E-state index contributed by atoms with van der Waals surface area (Å²) in [5, 5.41) is 9.29. The Bertz CT molecular complexity index is 1290. The highest BCUT2D eigenvalue weighted by Crippen LogP contribution is 2.41. The number of nitrogens with zero attached hydrogens (tertiary/aromatic N) is 3. The molecule has 0 radical (unpaired) electrons. The van der Waals surface area contributed by atoms with E-state index in [2.05, 4.69) is 73.9 Å². The van der Waals surface area contributed by atoms with E-state index < -0.39 is 0 Å². The summed E-state index contributed by atoms with van der Waals surface area (Å²) < 4.78 is 0. The molecule has 3 aromatic carbocycles. The number of carbonyl (C=O) groups is 1. The molecular weight excluding hydrogens is 458 g/mol. The average molecular weight is 496 g/mol. The van der Waals surface area contributed by atoms with Crippen LogP contribution in [-0.2, 0) is 13.0 Å². The molecule has 1 unspecified atom stereocenters. The highest BCUT2D eigenvalue weighted by Gasteiger charge is 2.36. The molecule has 7 rings (SSSR count). The lowest BCUT2D eigenvalue weighted by molar-refractivity contribution is 0.0223. The van der Waals surface area contributed by atoms with Crippen LogP contribution < -0.4 is 15.5 Å². The maximum atomic E-state index is 13.4. The number of piperidine rings is 1. The van der Waals surface area contributed by atoms with Gasteiger partial charge in [0.2, 0.25) is 0 Å². The van der Waals surface area contributed by atoms with Crippen LogP contribution in [0.2, 0.25) is 0 Å². The fourth-order valence-corrected chi connectivity index (χ4v) is 6.83. The molecule has 0 aromatic heterocycles. The van der Waals surface area contributed by atoms with Crippen LogP contribution in [-0.4, -0.2) is 80.1 Å². The van der Waals surface area contributed by atoms with Crippen LogP contribution in [0.4, 0.5) is 5.69 Å². The molecule has 4 aliphatic rings. The number of carbonyl (C=O) groups excluding carboxylic acids is 1. The van der Waals surface area contributed by atoms with Crippen molar-refractivity contribution in [3.8, 4) is 0 Å². The molecular formula is C31H37N5O. The van der Waals surface area contributed by atoms with Gasteiger partial charge in [0.1, 0.15) is 0 Å². The van der Waals surface area contributed by atoms with Crippen LogP contribution in [0, 0.1) is 0 Å². The first-order chi connectivity index (χ1) is 18.2. The van der Waals surface area contributed by atoms with Gasteiger partial charge in [-0.25, -0.2) is 0 Å². The monoisotopic (exact) mass is 495 g/mol. The maximum absolute atomic E-state index is 13.4. The van der Waals surface area contributed by atoms with Gasteiger partial charge in [0.25, 0.3) is 5.91 Å². The summed E-state index contributed by atoms with van der Waals surface area (Å²) in [7, 11) is 0. The van der Waals surface area contributed by atoms with Crippen molar-refractivity contribution >= 4 is 22.4 Å². The summed E-state index contributed by atoms with van der Waals surface area (Å²) in [6.45, 7) is 9.98. The van der Waals surface area contributed by atoms with E-state index >= 15 is 0 Å². The maximum Gasteiger partial charge on any atom is 0.259 e. The van der Waals surface area contributed by atoms with Crippen LogP contribution in [0.3, 0.4) is 0 Å². The van der Waals surface area contributed by atoms with Gasteiger partial charge in [-0.15, -0.1) is 0 Å². The van der Waals surface area contributed by atoms with Gasteiger partial charge in [0.05, 0.1) is 5.69 Å². The Labute approximate surface area is 219 Å². The number of piperazine rings is 1. The van der Waals surface area contributed by atoms with E-state index in [-0.39, 0.29) is 11.9 Å². The molecule has 3 aromatic rings. The zero-order valence-corrected chi connectivity index (χ0v) is 21.6. The van der Waals surface area contributed by atoms with Crippen molar-refractivity contribution in [1.82, 2.24) is 20.4 Å². The first kappa shape index (κ1) is 23.4. The lowest BCUT2D eigenvalue weighted by Gasteiger charge is -2.46. The Kier molecular flexibility index (Phi) is 6.21. The molecule has 3 fully saturated rings. The van der Waals surface area contributed by atoms with E-state index in [4.69, 9.17) is 0 Å². The van der Waals surface area contributed by atoms with Crippen molar-refractivity contribution in [1.29, 1.82) is 0 Å². The number of hydrogen-bond acceptors (Lipinski definition) is 5. The van der Waals surface area contributed by atoms with E-state index in [1.54, 1.807) is 0 Å². The van der Waals surface area contributed by atoms with Crippen molar-refractivity contribution < 1.29 is 4.79 Å². The second-order valence-electron chi connectivity index (χ2n) is 11.3. The van der Waals surface area contributed by atoms with Gasteiger partial charge in [-0.3, -0.25) is 14.6 Å². The van der Waals surface area contributed by atoms with E-state index in [1.807, 2.05) is 6.07 Å². The van der Waals surface area contributed by atoms with Crippen molar-refractivity contribution in [3.05, 3.63) is 76.9 Å². The summed E-state index contributed by atoms with van der Waals surface area (Å²) in [5.74, 6) is 0.168. The molecule has 0 bridgehead atoms. The van der Waals surface area contributed by atoms with Crippen molar-refractivity contribution in [3.63, 3.8) is 0 Å². The first-order valence-electron chi connectivity index (χ1n) is 14.1. The molecule has 0 spiro atoms. The Hall–Kier alpha value is -2.77. The normalized spacial score (nSPS) is 23.1. The van der Waals surface area contributed by atoms with Crippen LogP contribution in [0.25, 0.3) is 10.8 Å². The second kappa shape index (κ2) is 9.84. The summed E-state index contributed by atoms with van der Waals surface area (Å²) >= 11 is 0. The Balaban J connectivity index is 1.05. The van der Waals surface area contributed by atoms with Gasteiger partial charge in [-0.2, -0.15) is 0 Å². The Morgan fingerprint density at radius 3 is 2.43 bits per heavy atom. The predicted molar refractivity (Wildman–Crippen MR) is 149 cm³/mol. The van der Waals surface area contributed by atoms with Gasteiger partial charge in [-0.1, -0.05) is 42.5 Å². The lowest BCUT2D eigenvalue weighted by atomic mass is 9.95. The third-order valence-corrected chi connectivity index (χ3v) is 8.88. The van der Waals surface area contributed by atoms with E-state index in [1.165, 1.54) is 48.3 Å². The number of rotatable bonds is 6. The fourth-order valence-electron chi connectivity index (χ4n) is 6.83. The zero-order chi connectivity index (χ0) is 24.8. The summed E-state index contributed by atoms with van der Waals surface area (Å²) in [5.41, 5.74) is 5.97. The molecule has 37 heavy (non-hydrogen) atoms. The molecule has 0 saturated carbocycles. The molecule has 6 nitrogen and oxygen atoms in total. The van der Waals surface area contributed by atoms with Crippen molar-refractivity contribution in [2.75, 3.05) is 57.3 Å². The van der Waals surface area contributed by atoms with Crippen molar-refractivity contribution in [2.45, 2.75) is 37.9 Å². The predicted octanol–water partition coefficient (Wildman–Crippen LogP) is 3.23. The summed E-state index contributed by atoms with van der Waals surface area (Å²) in [4.78, 5) is 20.7. The Morgan fingerprint density at radius 1 is 0.838 bits per heavy atom. The largest absolute Gasteiger partial charge is 0.315 e. The molecule has 2 N–H and O–H groups in total. The van der Waals surface area contributed by atoms with Crippen LogP contribution in [0.15, 0.2) is 54.6 Å². The quantitative estimate of drug-likeness (QED) is 0.550. The number of nitrogens with one attached hydrogen (secondary N) is 2.